The third-order valence-corrected chi connectivity index (χ3v) is 5.34. The van der Waals surface area contributed by atoms with Crippen molar-refractivity contribution in [2.24, 2.45) is 5.92 Å². The Morgan fingerprint density at radius 3 is 2.00 bits per heavy atom. The van der Waals surface area contributed by atoms with Crippen molar-refractivity contribution in [3.8, 4) is 0 Å². The maximum absolute atomic E-state index is 11.0. The van der Waals surface area contributed by atoms with E-state index < -0.39 is 11.1 Å². The van der Waals surface area contributed by atoms with Gasteiger partial charge in [-0.2, -0.15) is 12.6 Å². The maximum Gasteiger partial charge on any atom is 0.0329 e. The first kappa shape index (κ1) is 18.5. The molecule has 2 nitrogen and oxygen atoms in total. The fourth-order valence-corrected chi connectivity index (χ4v) is 3.58. The van der Waals surface area contributed by atoms with Crippen molar-refractivity contribution in [1.29, 1.82) is 0 Å². The largest absolute Gasteiger partial charge is 0.772 e. The summed E-state index contributed by atoms with van der Waals surface area (Å²) in [6.07, 6.45) is 11.4. The zero-order chi connectivity index (χ0) is 13.8. The smallest absolute Gasteiger partial charge is 0.0329 e. The molecular formula is C14H29O2S2-. The fourth-order valence-electron chi connectivity index (χ4n) is 2.22. The molecule has 0 bridgehead atoms. The molecule has 0 saturated heterocycles. The Morgan fingerprint density at radius 2 is 1.56 bits per heavy atom. The van der Waals surface area contributed by atoms with Gasteiger partial charge in [-0.15, -0.1) is 0 Å². The first-order chi connectivity index (χ1) is 8.63. The van der Waals surface area contributed by atoms with Crippen molar-refractivity contribution in [1.82, 2.24) is 0 Å². The zero-order valence-electron chi connectivity index (χ0n) is 11.9. The Morgan fingerprint density at radius 1 is 1.06 bits per heavy atom. The van der Waals surface area contributed by atoms with Crippen LogP contribution in [0.4, 0.5) is 0 Å². The number of hydrogen-bond acceptors (Lipinski definition) is 3. The van der Waals surface area contributed by atoms with Crippen molar-refractivity contribution in [3.63, 3.8) is 0 Å². The van der Waals surface area contributed by atoms with Crippen molar-refractivity contribution < 1.29 is 8.76 Å². The molecule has 0 aromatic carbocycles. The SMILES string of the molecule is CCCCCCCCCCC(C)C(CS)S(=O)[O-]. The zero-order valence-corrected chi connectivity index (χ0v) is 13.6. The van der Waals surface area contributed by atoms with E-state index in [-0.39, 0.29) is 11.2 Å². The maximum atomic E-state index is 11.0. The highest BCUT2D eigenvalue weighted by Gasteiger charge is 2.15. The molecule has 0 aliphatic rings. The van der Waals surface area contributed by atoms with Gasteiger partial charge in [-0.05, 0) is 12.3 Å². The third-order valence-electron chi connectivity index (χ3n) is 3.57. The molecule has 0 radical (unpaired) electrons. The second kappa shape index (κ2) is 12.5. The lowest BCUT2D eigenvalue weighted by molar-refractivity contribution is 0.448. The first-order valence-corrected chi connectivity index (χ1v) is 9.09. The quantitative estimate of drug-likeness (QED) is 0.330. The number of hydrogen-bond donors (Lipinski definition) is 1. The molecule has 3 atom stereocenters. The number of unbranched alkanes of at least 4 members (excludes halogenated alkanes) is 7. The van der Waals surface area contributed by atoms with E-state index in [4.69, 9.17) is 0 Å². The van der Waals surface area contributed by atoms with E-state index in [1.54, 1.807) is 0 Å². The van der Waals surface area contributed by atoms with Gasteiger partial charge < -0.3 is 4.55 Å². The molecule has 18 heavy (non-hydrogen) atoms. The average Bonchev–Trinajstić information content (AvgIpc) is 2.33. The molecule has 110 valence electrons. The van der Waals surface area contributed by atoms with Crippen molar-refractivity contribution in [3.05, 3.63) is 0 Å². The van der Waals surface area contributed by atoms with Gasteiger partial charge in [0.25, 0.3) is 0 Å². The normalized spacial score (nSPS) is 16.4. The van der Waals surface area contributed by atoms with Crippen LogP contribution in [0.15, 0.2) is 0 Å². The molecule has 0 aliphatic heterocycles. The van der Waals surface area contributed by atoms with E-state index in [9.17, 15) is 8.76 Å². The summed E-state index contributed by atoms with van der Waals surface area (Å²) >= 11 is 2.14. The van der Waals surface area contributed by atoms with Gasteiger partial charge in [-0.25, -0.2) is 0 Å². The molecule has 0 aromatic rings. The van der Waals surface area contributed by atoms with Crippen LogP contribution < -0.4 is 0 Å². The third kappa shape index (κ3) is 9.40. The Hall–Kier alpha value is 0.460. The Kier molecular flexibility index (Phi) is 12.8. The molecule has 0 amide bonds. The molecule has 0 fully saturated rings. The lowest BCUT2D eigenvalue weighted by Gasteiger charge is -2.24. The van der Waals surface area contributed by atoms with Crippen LogP contribution in [-0.4, -0.2) is 19.8 Å². The van der Waals surface area contributed by atoms with Gasteiger partial charge in [-0.3, -0.25) is 4.21 Å². The molecule has 0 heterocycles. The summed E-state index contributed by atoms with van der Waals surface area (Å²) in [7, 11) is 0. The minimum Gasteiger partial charge on any atom is -0.772 e. The van der Waals surface area contributed by atoms with Crippen LogP contribution in [0.25, 0.3) is 0 Å². The van der Waals surface area contributed by atoms with Gasteiger partial charge in [0.15, 0.2) is 0 Å². The summed E-state index contributed by atoms with van der Waals surface area (Å²) in [4.78, 5) is 0. The Labute approximate surface area is 121 Å². The fraction of sp³-hybridized carbons (Fsp3) is 1.00. The van der Waals surface area contributed by atoms with Crippen molar-refractivity contribution >= 4 is 23.7 Å². The van der Waals surface area contributed by atoms with Crippen molar-refractivity contribution in [2.45, 2.75) is 76.9 Å². The lowest BCUT2D eigenvalue weighted by atomic mass is 9.99. The van der Waals surface area contributed by atoms with Gasteiger partial charge in [0, 0.05) is 11.0 Å². The van der Waals surface area contributed by atoms with Gasteiger partial charge in [-0.1, -0.05) is 76.3 Å². The molecule has 3 unspecified atom stereocenters. The second-order valence-electron chi connectivity index (χ2n) is 5.22. The first-order valence-electron chi connectivity index (χ1n) is 7.32. The van der Waals surface area contributed by atoms with Gasteiger partial charge in [0.1, 0.15) is 0 Å². The van der Waals surface area contributed by atoms with Crippen LogP contribution >= 0.6 is 12.6 Å². The van der Waals surface area contributed by atoms with Crippen LogP contribution in [0.5, 0.6) is 0 Å². The highest BCUT2D eigenvalue weighted by atomic mass is 32.2. The van der Waals surface area contributed by atoms with Crippen LogP contribution in [0, 0.1) is 5.92 Å². The van der Waals surface area contributed by atoms with Gasteiger partial charge in [0.2, 0.25) is 0 Å². The predicted octanol–water partition coefficient (Wildman–Crippen LogP) is 4.33. The van der Waals surface area contributed by atoms with Crippen LogP contribution in [0.3, 0.4) is 0 Å². The molecule has 0 aliphatic carbocycles. The summed E-state index contributed by atoms with van der Waals surface area (Å²) in [5.74, 6) is 0.676. The molecule has 0 N–H and O–H groups in total. The van der Waals surface area contributed by atoms with Gasteiger partial charge >= 0.3 is 0 Å². The summed E-state index contributed by atoms with van der Waals surface area (Å²) in [5.41, 5.74) is 0. The van der Waals surface area contributed by atoms with E-state index in [2.05, 4.69) is 19.6 Å². The standard InChI is InChI=1S/C14H30O2S2/c1-3-4-5-6-7-8-9-10-11-13(2)14(12-17)18(15)16/h13-14,17H,3-12H2,1-2H3,(H,15,16)/p-1. The topological polar surface area (TPSA) is 40.1 Å². The minimum atomic E-state index is -1.97. The summed E-state index contributed by atoms with van der Waals surface area (Å²) in [5, 5.41) is -0.280. The molecule has 0 saturated carbocycles. The Balaban J connectivity index is 3.45. The highest BCUT2D eigenvalue weighted by Crippen LogP contribution is 2.19. The van der Waals surface area contributed by atoms with Gasteiger partial charge in [0.05, 0.1) is 0 Å². The summed E-state index contributed by atoms with van der Waals surface area (Å²) in [6.45, 7) is 4.26. The van der Waals surface area contributed by atoms with Crippen LogP contribution in [-0.2, 0) is 11.1 Å². The molecule has 4 heteroatoms. The number of thiol groups is 1. The summed E-state index contributed by atoms with van der Waals surface area (Å²) in [6, 6.07) is 0. The monoisotopic (exact) mass is 293 g/mol. The van der Waals surface area contributed by atoms with Crippen LogP contribution in [0.1, 0.15) is 71.6 Å². The minimum absolute atomic E-state index is 0.237. The molecule has 0 spiro atoms. The molecule has 0 rings (SSSR count). The Bertz CT molecular complexity index is 210. The average molecular weight is 294 g/mol. The van der Waals surface area contributed by atoms with E-state index in [1.165, 1.54) is 44.9 Å². The molecular weight excluding hydrogens is 264 g/mol. The lowest BCUT2D eigenvalue weighted by Crippen LogP contribution is -2.25. The van der Waals surface area contributed by atoms with E-state index in [0.717, 1.165) is 12.8 Å². The predicted molar refractivity (Wildman–Crippen MR) is 83.0 cm³/mol. The highest BCUT2D eigenvalue weighted by molar-refractivity contribution is 7.84. The number of rotatable bonds is 12. The second-order valence-corrected chi connectivity index (χ2v) is 6.71. The van der Waals surface area contributed by atoms with Crippen LogP contribution in [0.2, 0.25) is 0 Å². The van der Waals surface area contributed by atoms with E-state index in [1.807, 2.05) is 6.92 Å². The van der Waals surface area contributed by atoms with Crippen molar-refractivity contribution in [2.75, 3.05) is 5.75 Å². The van der Waals surface area contributed by atoms with E-state index in [0.29, 0.717) is 5.75 Å². The molecule has 0 aromatic heterocycles. The summed E-state index contributed by atoms with van der Waals surface area (Å²) < 4.78 is 21.9. The van der Waals surface area contributed by atoms with E-state index >= 15 is 0 Å².